The zero-order valence-electron chi connectivity index (χ0n) is 9.78. The van der Waals surface area contributed by atoms with Crippen LogP contribution in [-0.4, -0.2) is 30.7 Å². The summed E-state index contributed by atoms with van der Waals surface area (Å²) in [7, 11) is 3.31. The van der Waals surface area contributed by atoms with Crippen molar-refractivity contribution in [2.75, 3.05) is 14.1 Å². The van der Waals surface area contributed by atoms with Gasteiger partial charge in [0.05, 0.1) is 5.56 Å². The smallest absolute Gasteiger partial charge is 0.254 e. The maximum absolute atomic E-state index is 11.8. The van der Waals surface area contributed by atoms with E-state index in [0.29, 0.717) is 11.1 Å². The number of ketones is 1. The van der Waals surface area contributed by atoms with E-state index in [1.807, 2.05) is 13.0 Å². The molecule has 0 radical (unpaired) electrons. The Morgan fingerprint density at radius 1 is 1.25 bits per heavy atom. The zero-order chi connectivity index (χ0) is 12.3. The Hall–Kier alpha value is -1.90. The van der Waals surface area contributed by atoms with Crippen molar-refractivity contribution >= 4 is 11.7 Å². The second-order valence-corrected chi connectivity index (χ2v) is 3.82. The summed E-state index contributed by atoms with van der Waals surface area (Å²) in [5.74, 6) is -0.404. The highest BCUT2D eigenvalue weighted by atomic mass is 16.2. The van der Waals surface area contributed by atoms with E-state index in [2.05, 4.69) is 6.58 Å². The Balaban J connectivity index is 3.33. The minimum absolute atomic E-state index is 0.176. The van der Waals surface area contributed by atoms with Crippen LogP contribution in [0.3, 0.4) is 0 Å². The molecule has 0 spiro atoms. The highest BCUT2D eigenvalue weighted by Crippen LogP contribution is 2.14. The standard InChI is InChI=1S/C13H15NO2/c1-5-12(15)11-8-9(2)6-7-10(11)13(16)14(3)4/h5-8H,1H2,2-4H3. The van der Waals surface area contributed by atoms with Gasteiger partial charge in [-0.05, 0) is 25.1 Å². The molecule has 84 valence electrons. The summed E-state index contributed by atoms with van der Waals surface area (Å²) in [6.07, 6.45) is 1.22. The summed E-state index contributed by atoms with van der Waals surface area (Å²) in [6, 6.07) is 5.20. The lowest BCUT2D eigenvalue weighted by Gasteiger charge is -2.13. The minimum atomic E-state index is -0.228. The van der Waals surface area contributed by atoms with Gasteiger partial charge in [0.15, 0.2) is 5.78 Å². The molecule has 0 unspecified atom stereocenters. The molecule has 1 aromatic rings. The molecule has 0 N–H and O–H groups in total. The summed E-state index contributed by atoms with van der Waals surface area (Å²) >= 11 is 0. The number of rotatable bonds is 3. The number of amides is 1. The number of carbonyl (C=O) groups excluding carboxylic acids is 2. The molecule has 0 fully saturated rings. The van der Waals surface area contributed by atoms with Crippen LogP contribution >= 0.6 is 0 Å². The molecular formula is C13H15NO2. The number of aryl methyl sites for hydroxylation is 1. The molecule has 3 nitrogen and oxygen atoms in total. The van der Waals surface area contributed by atoms with Crippen molar-refractivity contribution in [3.8, 4) is 0 Å². The second kappa shape index (κ2) is 4.75. The summed E-state index contributed by atoms with van der Waals surface area (Å²) < 4.78 is 0. The van der Waals surface area contributed by atoms with Gasteiger partial charge in [-0.3, -0.25) is 9.59 Å². The van der Waals surface area contributed by atoms with Crippen molar-refractivity contribution in [3.05, 3.63) is 47.5 Å². The van der Waals surface area contributed by atoms with Crippen LogP contribution in [0.25, 0.3) is 0 Å². The number of allylic oxidation sites excluding steroid dienone is 1. The molecule has 1 rings (SSSR count). The van der Waals surface area contributed by atoms with Gasteiger partial charge in [-0.15, -0.1) is 0 Å². The normalized spacial score (nSPS) is 9.69. The van der Waals surface area contributed by atoms with E-state index in [0.717, 1.165) is 5.56 Å². The third-order valence-electron chi connectivity index (χ3n) is 2.26. The molecule has 1 aromatic carbocycles. The lowest BCUT2D eigenvalue weighted by molar-refractivity contribution is 0.0822. The van der Waals surface area contributed by atoms with Crippen LogP contribution in [0.4, 0.5) is 0 Å². The first kappa shape index (κ1) is 12.2. The van der Waals surface area contributed by atoms with Gasteiger partial charge < -0.3 is 4.90 Å². The molecule has 3 heteroatoms. The molecular weight excluding hydrogens is 202 g/mol. The minimum Gasteiger partial charge on any atom is -0.345 e. The summed E-state index contributed by atoms with van der Waals surface area (Å²) in [6.45, 7) is 5.32. The average molecular weight is 217 g/mol. The quantitative estimate of drug-likeness (QED) is 0.574. The van der Waals surface area contributed by atoms with E-state index in [4.69, 9.17) is 0 Å². The highest BCUT2D eigenvalue weighted by Gasteiger charge is 2.16. The third-order valence-corrected chi connectivity index (χ3v) is 2.26. The molecule has 0 saturated carbocycles. The first-order valence-corrected chi connectivity index (χ1v) is 4.96. The summed E-state index contributed by atoms with van der Waals surface area (Å²) in [5, 5.41) is 0. The van der Waals surface area contributed by atoms with Crippen molar-refractivity contribution in [2.24, 2.45) is 0 Å². The number of carbonyl (C=O) groups is 2. The molecule has 0 bridgehead atoms. The van der Waals surface area contributed by atoms with Gasteiger partial charge in [-0.25, -0.2) is 0 Å². The predicted octanol–water partition coefficient (Wildman–Crippen LogP) is 2.07. The lowest BCUT2D eigenvalue weighted by Crippen LogP contribution is -2.23. The van der Waals surface area contributed by atoms with E-state index in [9.17, 15) is 9.59 Å². The summed E-state index contributed by atoms with van der Waals surface area (Å²) in [4.78, 5) is 24.9. The Morgan fingerprint density at radius 2 is 1.88 bits per heavy atom. The largest absolute Gasteiger partial charge is 0.345 e. The second-order valence-electron chi connectivity index (χ2n) is 3.82. The fourth-order valence-corrected chi connectivity index (χ4v) is 1.40. The average Bonchev–Trinajstić information content (AvgIpc) is 2.26. The van der Waals surface area contributed by atoms with E-state index >= 15 is 0 Å². The monoisotopic (exact) mass is 217 g/mol. The number of hydrogen-bond donors (Lipinski definition) is 0. The number of nitrogens with zero attached hydrogens (tertiary/aromatic N) is 1. The predicted molar refractivity (Wildman–Crippen MR) is 63.7 cm³/mol. The molecule has 0 aliphatic carbocycles. The third kappa shape index (κ3) is 2.37. The molecule has 0 atom stereocenters. The van der Waals surface area contributed by atoms with Gasteiger partial charge in [0.2, 0.25) is 0 Å². The maximum Gasteiger partial charge on any atom is 0.254 e. The van der Waals surface area contributed by atoms with Crippen molar-refractivity contribution in [2.45, 2.75) is 6.92 Å². The topological polar surface area (TPSA) is 37.4 Å². The van der Waals surface area contributed by atoms with Crippen molar-refractivity contribution in [3.63, 3.8) is 0 Å². The van der Waals surface area contributed by atoms with Crippen LogP contribution in [0.5, 0.6) is 0 Å². The van der Waals surface area contributed by atoms with Gasteiger partial charge in [0.1, 0.15) is 0 Å². The molecule has 0 heterocycles. The summed E-state index contributed by atoms with van der Waals surface area (Å²) in [5.41, 5.74) is 1.77. The first-order chi connectivity index (χ1) is 7.47. The van der Waals surface area contributed by atoms with E-state index < -0.39 is 0 Å². The fraction of sp³-hybridized carbons (Fsp3) is 0.231. The van der Waals surface area contributed by atoms with Gasteiger partial charge in [0.25, 0.3) is 5.91 Å². The number of hydrogen-bond acceptors (Lipinski definition) is 2. The van der Waals surface area contributed by atoms with Crippen LogP contribution in [-0.2, 0) is 0 Å². The highest BCUT2D eigenvalue weighted by molar-refractivity contribution is 6.12. The molecule has 0 saturated heterocycles. The van der Waals surface area contributed by atoms with Crippen LogP contribution in [0.15, 0.2) is 30.9 Å². The lowest BCUT2D eigenvalue weighted by atomic mass is 10.00. The zero-order valence-corrected chi connectivity index (χ0v) is 9.78. The SMILES string of the molecule is C=CC(=O)c1cc(C)ccc1C(=O)N(C)C. The Morgan fingerprint density at radius 3 is 2.38 bits per heavy atom. The van der Waals surface area contributed by atoms with Gasteiger partial charge in [0, 0.05) is 19.7 Å². The van der Waals surface area contributed by atoms with E-state index in [-0.39, 0.29) is 11.7 Å². The fourth-order valence-electron chi connectivity index (χ4n) is 1.40. The van der Waals surface area contributed by atoms with Crippen LogP contribution in [0.2, 0.25) is 0 Å². The molecule has 0 aliphatic rings. The molecule has 0 aromatic heterocycles. The van der Waals surface area contributed by atoms with Crippen molar-refractivity contribution in [1.82, 2.24) is 4.90 Å². The van der Waals surface area contributed by atoms with Crippen molar-refractivity contribution < 1.29 is 9.59 Å². The van der Waals surface area contributed by atoms with Crippen LogP contribution in [0, 0.1) is 6.92 Å². The van der Waals surface area contributed by atoms with E-state index in [1.165, 1.54) is 11.0 Å². The molecule has 1 amide bonds. The van der Waals surface area contributed by atoms with Crippen LogP contribution in [0.1, 0.15) is 26.3 Å². The Bertz CT molecular complexity index is 447. The van der Waals surface area contributed by atoms with Gasteiger partial charge in [-0.1, -0.05) is 18.2 Å². The Kier molecular flexibility index (Phi) is 3.61. The van der Waals surface area contributed by atoms with E-state index in [1.54, 1.807) is 26.2 Å². The van der Waals surface area contributed by atoms with Crippen LogP contribution < -0.4 is 0 Å². The molecule has 16 heavy (non-hydrogen) atoms. The maximum atomic E-state index is 11.8. The first-order valence-electron chi connectivity index (χ1n) is 4.96. The van der Waals surface area contributed by atoms with Crippen molar-refractivity contribution in [1.29, 1.82) is 0 Å². The molecule has 0 aliphatic heterocycles. The van der Waals surface area contributed by atoms with Gasteiger partial charge in [-0.2, -0.15) is 0 Å². The number of benzene rings is 1. The van der Waals surface area contributed by atoms with Gasteiger partial charge >= 0.3 is 0 Å². The Labute approximate surface area is 95.4 Å².